The van der Waals surface area contributed by atoms with E-state index in [1.165, 1.54) is 46.6 Å². The summed E-state index contributed by atoms with van der Waals surface area (Å²) < 4.78 is 0. The van der Waals surface area contributed by atoms with E-state index < -0.39 is 6.89 Å². The highest BCUT2D eigenvalue weighted by atomic mass is 32.1. The molecule has 0 radical (unpaired) electrons. The van der Waals surface area contributed by atoms with Crippen LogP contribution in [0.25, 0.3) is 30.6 Å². The van der Waals surface area contributed by atoms with Gasteiger partial charge >= 0.3 is 0 Å². The van der Waals surface area contributed by atoms with Crippen molar-refractivity contribution in [2.24, 2.45) is 0 Å². The lowest BCUT2D eigenvalue weighted by molar-refractivity contribution is 1.70. The molecule has 0 atom stereocenters. The van der Waals surface area contributed by atoms with Gasteiger partial charge in [-0.05, 0) is 42.4 Å². The van der Waals surface area contributed by atoms with Crippen LogP contribution in [0.1, 0.15) is 6.92 Å². The Morgan fingerprint density at radius 3 is 1.71 bits per heavy atom. The molecule has 2 aromatic carbocycles. The Bertz CT molecular complexity index is 1280. The van der Waals surface area contributed by atoms with Gasteiger partial charge in [-0.3, -0.25) is 0 Å². The van der Waals surface area contributed by atoms with Crippen molar-refractivity contribution in [2.45, 2.75) is 6.92 Å². The number of benzene rings is 2. The van der Waals surface area contributed by atoms with Crippen LogP contribution in [0.15, 0.2) is 109 Å². The number of fused-ring (bicyclic) bond motifs is 3. The number of hydrogen-bond donors (Lipinski definition) is 0. The Morgan fingerprint density at radius 1 is 0.806 bits per heavy atom. The first-order chi connectivity index (χ1) is 15.2. The number of rotatable bonds is 5. The molecule has 0 nitrogen and oxygen atoms in total. The summed E-state index contributed by atoms with van der Waals surface area (Å²) in [5, 5.41) is 4.03. The zero-order valence-electron chi connectivity index (χ0n) is 17.4. The highest BCUT2D eigenvalue weighted by Gasteiger charge is 2.38. The van der Waals surface area contributed by atoms with Crippen LogP contribution in [0.2, 0.25) is 0 Å². The molecule has 0 aliphatic carbocycles. The molecule has 31 heavy (non-hydrogen) atoms. The van der Waals surface area contributed by atoms with E-state index in [2.05, 4.69) is 97.6 Å². The maximum absolute atomic E-state index is 4.94. The van der Waals surface area contributed by atoms with Crippen molar-refractivity contribution in [1.82, 2.24) is 0 Å². The van der Waals surface area contributed by atoms with Crippen molar-refractivity contribution >= 4 is 46.5 Å². The van der Waals surface area contributed by atoms with Gasteiger partial charge in [-0.25, -0.2) is 0 Å². The van der Waals surface area contributed by atoms with E-state index in [0.29, 0.717) is 0 Å². The molecule has 0 unspecified atom stereocenters. The smallest absolute Gasteiger partial charge is 0.0538 e. The van der Waals surface area contributed by atoms with Gasteiger partial charge in [0.25, 0.3) is 0 Å². The van der Waals surface area contributed by atoms with Gasteiger partial charge in [0.1, 0.15) is 0 Å². The number of hydrogen-bond acceptors (Lipinski definition) is 2. The van der Waals surface area contributed by atoms with E-state index in [9.17, 15) is 0 Å². The van der Waals surface area contributed by atoms with Crippen LogP contribution >= 0.6 is 29.6 Å². The van der Waals surface area contributed by atoms with E-state index in [4.69, 9.17) is 6.30 Å². The van der Waals surface area contributed by atoms with E-state index in [1.54, 1.807) is 0 Å². The Kier molecular flexibility index (Phi) is 5.32. The van der Waals surface area contributed by atoms with E-state index in [-0.39, 0.29) is 0 Å². The first kappa shape index (κ1) is 20.3. The van der Waals surface area contributed by atoms with Gasteiger partial charge in [0.15, 0.2) is 0 Å². The minimum Gasteiger partial charge on any atom is -0.134 e. The lowest BCUT2D eigenvalue weighted by Gasteiger charge is -2.21. The summed E-state index contributed by atoms with van der Waals surface area (Å²) in [6.45, 7) is 4.24. The molecule has 4 aromatic rings. The minimum atomic E-state index is -1.98. The van der Waals surface area contributed by atoms with Gasteiger partial charge in [-0.1, -0.05) is 97.8 Å². The molecule has 0 fully saturated rings. The van der Waals surface area contributed by atoms with Crippen molar-refractivity contribution in [3.8, 4) is 30.6 Å². The SMILES string of the molecule is C=C/C(=C\C=C/C)P1(=C)c2cc(-c3ccccc3)sc2-c2sc(-c3ccccc3)cc21. The predicted molar refractivity (Wildman–Crippen MR) is 145 cm³/mol. The highest BCUT2D eigenvalue weighted by Crippen LogP contribution is 2.63. The highest BCUT2D eigenvalue weighted by molar-refractivity contribution is 7.92. The van der Waals surface area contributed by atoms with E-state index >= 15 is 0 Å². The summed E-state index contributed by atoms with van der Waals surface area (Å²) in [4.78, 5) is 5.40. The van der Waals surface area contributed by atoms with Crippen molar-refractivity contribution in [3.05, 3.63) is 109 Å². The third kappa shape index (κ3) is 3.27. The summed E-state index contributed by atoms with van der Waals surface area (Å²) in [6.07, 6.45) is 13.3. The van der Waals surface area contributed by atoms with Gasteiger partial charge in [-0.2, -0.15) is 0 Å². The van der Waals surface area contributed by atoms with Crippen molar-refractivity contribution in [1.29, 1.82) is 0 Å². The molecular formula is C28H23PS2. The van der Waals surface area contributed by atoms with Crippen LogP contribution in [0.4, 0.5) is 0 Å². The molecule has 0 amide bonds. The zero-order valence-corrected chi connectivity index (χ0v) is 19.9. The Morgan fingerprint density at radius 2 is 1.29 bits per heavy atom. The predicted octanol–water partition coefficient (Wildman–Crippen LogP) is 8.17. The summed E-state index contributed by atoms with van der Waals surface area (Å²) >= 11 is 3.80. The van der Waals surface area contributed by atoms with Crippen molar-refractivity contribution in [3.63, 3.8) is 0 Å². The monoisotopic (exact) mass is 454 g/mol. The van der Waals surface area contributed by atoms with E-state index in [1.807, 2.05) is 35.7 Å². The molecule has 0 saturated carbocycles. The average molecular weight is 455 g/mol. The van der Waals surface area contributed by atoms with Gasteiger partial charge in [-0.15, -0.1) is 22.7 Å². The lowest BCUT2D eigenvalue weighted by Crippen LogP contribution is -2.10. The maximum atomic E-state index is 4.94. The summed E-state index contributed by atoms with van der Waals surface area (Å²) in [7, 11) is 0. The molecule has 2 aromatic heterocycles. The molecule has 3 heteroatoms. The zero-order chi connectivity index (χ0) is 21.4. The average Bonchev–Trinajstić information content (AvgIpc) is 3.50. The molecule has 0 N–H and O–H groups in total. The third-order valence-electron chi connectivity index (χ3n) is 5.68. The molecule has 1 aliphatic rings. The number of thiophene rings is 2. The molecule has 0 saturated heterocycles. The molecule has 0 spiro atoms. The summed E-state index contributed by atoms with van der Waals surface area (Å²) in [5.74, 6) is 0. The fourth-order valence-electron chi connectivity index (χ4n) is 4.10. The maximum Gasteiger partial charge on any atom is 0.0538 e. The number of allylic oxidation sites excluding steroid dienone is 5. The fraction of sp³-hybridized carbons (Fsp3) is 0.0357. The molecule has 0 bridgehead atoms. The molecule has 5 rings (SSSR count). The summed E-state index contributed by atoms with van der Waals surface area (Å²) in [6, 6.07) is 26.1. The normalized spacial score (nSPS) is 14.5. The topological polar surface area (TPSA) is 0 Å². The van der Waals surface area contributed by atoms with Crippen LogP contribution in [-0.2, 0) is 0 Å². The molecular weight excluding hydrogens is 431 g/mol. The van der Waals surface area contributed by atoms with Gasteiger partial charge in [0, 0.05) is 20.4 Å². The summed E-state index contributed by atoms with van der Waals surface area (Å²) in [5.41, 5.74) is 2.54. The third-order valence-corrected chi connectivity index (χ3v) is 12.1. The van der Waals surface area contributed by atoms with Crippen LogP contribution in [0.5, 0.6) is 0 Å². The quantitative estimate of drug-likeness (QED) is 0.211. The van der Waals surface area contributed by atoms with Crippen LogP contribution < -0.4 is 10.6 Å². The van der Waals surface area contributed by atoms with Crippen LogP contribution in [-0.4, -0.2) is 6.30 Å². The lowest BCUT2D eigenvalue weighted by atomic mass is 10.2. The second-order valence-electron chi connectivity index (χ2n) is 7.51. The largest absolute Gasteiger partial charge is 0.134 e. The second kappa shape index (κ2) is 8.13. The first-order valence-corrected chi connectivity index (χ1v) is 13.9. The fourth-order valence-corrected chi connectivity index (χ4v) is 11.0. The van der Waals surface area contributed by atoms with Gasteiger partial charge in [0.05, 0.1) is 9.75 Å². The molecule has 1 aliphatic heterocycles. The van der Waals surface area contributed by atoms with Gasteiger partial charge in [0.2, 0.25) is 0 Å². The minimum absolute atomic E-state index is 1.24. The van der Waals surface area contributed by atoms with Crippen LogP contribution in [0.3, 0.4) is 0 Å². The first-order valence-electron chi connectivity index (χ1n) is 10.3. The Balaban J connectivity index is 1.77. The van der Waals surface area contributed by atoms with Crippen molar-refractivity contribution in [2.75, 3.05) is 0 Å². The second-order valence-corrected chi connectivity index (χ2v) is 12.7. The Hall–Kier alpha value is -2.64. The van der Waals surface area contributed by atoms with Gasteiger partial charge < -0.3 is 0 Å². The van der Waals surface area contributed by atoms with E-state index in [0.717, 1.165) is 0 Å². The van der Waals surface area contributed by atoms with Crippen molar-refractivity contribution < 1.29 is 0 Å². The Labute approximate surface area is 192 Å². The molecule has 152 valence electrons. The standard InChI is InChI=1S/C28H23PS2/c1-4-6-17-22(5-2)29(3)23-18-25(20-13-9-7-10-14-20)30-27(23)28-24(29)19-26(31-28)21-15-11-8-12-16-21/h4-19H,2-3H2,1H3/b6-4-,22-17+. The van der Waals surface area contributed by atoms with Crippen LogP contribution in [0, 0.1) is 0 Å². The molecule has 3 heterocycles.